The molecular formula is C31H43N3O. The number of aromatic nitrogens is 2. The Balaban J connectivity index is 1.12. The van der Waals surface area contributed by atoms with Gasteiger partial charge in [-0.2, -0.15) is 0 Å². The molecule has 0 bridgehead atoms. The van der Waals surface area contributed by atoms with Crippen molar-refractivity contribution in [2.75, 3.05) is 19.0 Å². The van der Waals surface area contributed by atoms with E-state index in [0.717, 1.165) is 53.0 Å². The summed E-state index contributed by atoms with van der Waals surface area (Å²) in [5, 5.41) is 1.14. The van der Waals surface area contributed by atoms with Crippen LogP contribution in [0.25, 0.3) is 10.9 Å². The van der Waals surface area contributed by atoms with Gasteiger partial charge in [-0.05, 0) is 62.3 Å². The number of benzene rings is 2. The first-order chi connectivity index (χ1) is 17.1. The average molecular weight is 474 g/mol. The first-order valence-corrected chi connectivity index (χ1v) is 13.7. The van der Waals surface area contributed by atoms with Crippen LogP contribution in [0.1, 0.15) is 77.0 Å². The Labute approximate surface area is 212 Å². The summed E-state index contributed by atoms with van der Waals surface area (Å²) in [6.07, 6.45) is 14.6. The quantitative estimate of drug-likeness (QED) is 0.251. The summed E-state index contributed by atoms with van der Waals surface area (Å²) in [6.45, 7) is 2.20. The summed E-state index contributed by atoms with van der Waals surface area (Å²) in [4.78, 5) is 11.8. The van der Waals surface area contributed by atoms with Crippen LogP contribution in [0, 0.1) is 11.8 Å². The molecule has 0 aliphatic heterocycles. The Hall–Kier alpha value is -2.62. The Morgan fingerprint density at radius 1 is 0.829 bits per heavy atom. The molecule has 3 aromatic rings. The van der Waals surface area contributed by atoms with Gasteiger partial charge in [0.25, 0.3) is 0 Å². The van der Waals surface area contributed by atoms with Crippen LogP contribution >= 0.6 is 0 Å². The van der Waals surface area contributed by atoms with E-state index < -0.39 is 0 Å². The highest BCUT2D eigenvalue weighted by molar-refractivity contribution is 5.89. The monoisotopic (exact) mass is 473 g/mol. The van der Waals surface area contributed by atoms with Crippen LogP contribution in [-0.4, -0.2) is 30.2 Å². The van der Waals surface area contributed by atoms with Gasteiger partial charge >= 0.3 is 0 Å². The number of fused-ring (bicyclic) bond motifs is 1. The van der Waals surface area contributed by atoms with E-state index in [2.05, 4.69) is 50.2 Å². The standard InChI is InChI=1S/C31H43N3O/c1-24(35-27-15-5-4-6-16-27)12-7-8-13-25-20-22-26(23-21-25)14-11-19-30-32-29-18-10-9-17-28(29)31(33-30)34(2)3/h4-6,9-10,15-18,24-26H,7-8,11-14,19-23H2,1-3H3. The van der Waals surface area contributed by atoms with Gasteiger partial charge in [0.1, 0.15) is 17.4 Å². The normalized spacial score (nSPS) is 18.9. The molecule has 188 valence electrons. The number of aryl methyl sites for hydroxylation is 1. The van der Waals surface area contributed by atoms with Crippen molar-refractivity contribution in [3.05, 3.63) is 60.4 Å². The second kappa shape index (κ2) is 12.9. The highest BCUT2D eigenvalue weighted by Gasteiger charge is 2.21. The van der Waals surface area contributed by atoms with E-state index in [1.165, 1.54) is 57.8 Å². The van der Waals surface area contributed by atoms with E-state index in [4.69, 9.17) is 14.7 Å². The fourth-order valence-electron chi connectivity index (χ4n) is 5.57. The molecule has 1 aliphatic rings. The third-order valence-electron chi connectivity index (χ3n) is 7.59. The van der Waals surface area contributed by atoms with E-state index >= 15 is 0 Å². The fraction of sp³-hybridized carbons (Fsp3) is 0.548. The molecule has 2 aromatic carbocycles. The third kappa shape index (κ3) is 7.68. The number of rotatable bonds is 12. The Bertz CT molecular complexity index is 1030. The van der Waals surface area contributed by atoms with E-state index in [1.807, 2.05) is 30.3 Å². The average Bonchev–Trinajstić information content (AvgIpc) is 2.87. The molecule has 4 rings (SSSR count). The molecule has 1 atom stereocenters. The Morgan fingerprint density at radius 2 is 1.49 bits per heavy atom. The Morgan fingerprint density at radius 3 is 2.20 bits per heavy atom. The summed E-state index contributed by atoms with van der Waals surface area (Å²) in [5.41, 5.74) is 1.06. The molecular weight excluding hydrogens is 430 g/mol. The molecule has 1 fully saturated rings. The van der Waals surface area contributed by atoms with Crippen molar-refractivity contribution in [2.24, 2.45) is 11.8 Å². The smallest absolute Gasteiger partial charge is 0.139 e. The summed E-state index contributed by atoms with van der Waals surface area (Å²) in [7, 11) is 4.13. The van der Waals surface area contributed by atoms with Gasteiger partial charge in [0, 0.05) is 25.9 Å². The lowest BCUT2D eigenvalue weighted by atomic mass is 9.78. The molecule has 1 heterocycles. The van der Waals surface area contributed by atoms with Crippen LogP contribution in [0.15, 0.2) is 54.6 Å². The van der Waals surface area contributed by atoms with Crippen molar-refractivity contribution in [3.8, 4) is 5.75 Å². The molecule has 1 aliphatic carbocycles. The minimum absolute atomic E-state index is 0.300. The molecule has 1 unspecified atom stereocenters. The molecule has 35 heavy (non-hydrogen) atoms. The third-order valence-corrected chi connectivity index (χ3v) is 7.59. The van der Waals surface area contributed by atoms with E-state index in [1.54, 1.807) is 0 Å². The van der Waals surface area contributed by atoms with Crippen molar-refractivity contribution in [3.63, 3.8) is 0 Å². The van der Waals surface area contributed by atoms with Gasteiger partial charge in [-0.1, -0.05) is 75.3 Å². The van der Waals surface area contributed by atoms with Crippen molar-refractivity contribution >= 4 is 16.7 Å². The maximum Gasteiger partial charge on any atom is 0.139 e. The molecule has 0 saturated heterocycles. The van der Waals surface area contributed by atoms with Crippen LogP contribution in [0.4, 0.5) is 5.82 Å². The molecule has 1 aromatic heterocycles. The number of para-hydroxylation sites is 2. The zero-order chi connectivity index (χ0) is 24.5. The van der Waals surface area contributed by atoms with Gasteiger partial charge in [-0.25, -0.2) is 9.97 Å². The number of hydrogen-bond acceptors (Lipinski definition) is 4. The minimum atomic E-state index is 0.300. The van der Waals surface area contributed by atoms with Gasteiger partial charge in [0.05, 0.1) is 11.6 Å². The fourth-order valence-corrected chi connectivity index (χ4v) is 5.57. The van der Waals surface area contributed by atoms with Gasteiger partial charge in [0.2, 0.25) is 0 Å². The van der Waals surface area contributed by atoms with Crippen LogP contribution < -0.4 is 9.64 Å². The number of anilines is 1. The van der Waals surface area contributed by atoms with Crippen molar-refractivity contribution < 1.29 is 4.74 Å². The first-order valence-electron chi connectivity index (χ1n) is 13.7. The molecule has 0 radical (unpaired) electrons. The molecule has 1 saturated carbocycles. The summed E-state index contributed by atoms with van der Waals surface area (Å²) in [5.74, 6) is 4.84. The van der Waals surface area contributed by atoms with Crippen molar-refractivity contribution in [2.45, 2.75) is 83.7 Å². The van der Waals surface area contributed by atoms with Gasteiger partial charge in [0.15, 0.2) is 0 Å². The zero-order valence-corrected chi connectivity index (χ0v) is 22.0. The number of ether oxygens (including phenoxy) is 1. The lowest BCUT2D eigenvalue weighted by Crippen LogP contribution is -2.16. The van der Waals surface area contributed by atoms with Crippen LogP contribution in [0.3, 0.4) is 0 Å². The lowest BCUT2D eigenvalue weighted by Gasteiger charge is -2.28. The summed E-state index contributed by atoms with van der Waals surface area (Å²) < 4.78 is 6.02. The summed E-state index contributed by atoms with van der Waals surface area (Å²) >= 11 is 0. The predicted molar refractivity (Wildman–Crippen MR) is 147 cm³/mol. The van der Waals surface area contributed by atoms with Crippen molar-refractivity contribution in [1.29, 1.82) is 0 Å². The largest absolute Gasteiger partial charge is 0.491 e. The number of hydrogen-bond donors (Lipinski definition) is 0. The van der Waals surface area contributed by atoms with Gasteiger partial charge < -0.3 is 9.64 Å². The minimum Gasteiger partial charge on any atom is -0.491 e. The molecule has 4 nitrogen and oxygen atoms in total. The predicted octanol–water partition coefficient (Wildman–Crippen LogP) is 7.85. The highest BCUT2D eigenvalue weighted by Crippen LogP contribution is 2.34. The maximum absolute atomic E-state index is 6.02. The van der Waals surface area contributed by atoms with E-state index in [9.17, 15) is 0 Å². The second-order valence-corrected chi connectivity index (χ2v) is 10.7. The number of nitrogens with zero attached hydrogens (tertiary/aromatic N) is 3. The van der Waals surface area contributed by atoms with E-state index in [0.29, 0.717) is 6.10 Å². The van der Waals surface area contributed by atoms with Crippen LogP contribution in [0.5, 0.6) is 5.75 Å². The van der Waals surface area contributed by atoms with Crippen LogP contribution in [0.2, 0.25) is 0 Å². The maximum atomic E-state index is 6.02. The first kappa shape index (κ1) is 25.5. The second-order valence-electron chi connectivity index (χ2n) is 10.7. The molecule has 0 spiro atoms. The van der Waals surface area contributed by atoms with Crippen molar-refractivity contribution in [1.82, 2.24) is 9.97 Å². The SMILES string of the molecule is CC(CCCCC1CCC(CCCc2nc(N(C)C)c3ccccc3n2)CC1)Oc1ccccc1. The van der Waals surface area contributed by atoms with Gasteiger partial charge in [-0.3, -0.25) is 0 Å². The van der Waals surface area contributed by atoms with Gasteiger partial charge in [-0.15, -0.1) is 0 Å². The van der Waals surface area contributed by atoms with Crippen LogP contribution in [-0.2, 0) is 6.42 Å². The molecule has 0 amide bonds. The zero-order valence-electron chi connectivity index (χ0n) is 22.0. The summed E-state index contributed by atoms with van der Waals surface area (Å²) in [6, 6.07) is 18.6. The molecule has 0 N–H and O–H groups in total. The molecule has 4 heteroatoms. The van der Waals surface area contributed by atoms with E-state index in [-0.39, 0.29) is 0 Å². The lowest BCUT2D eigenvalue weighted by molar-refractivity contribution is 0.201. The number of unbranched alkanes of at least 4 members (excludes halogenated alkanes) is 1. The highest BCUT2D eigenvalue weighted by atomic mass is 16.5. The Kier molecular flexibility index (Phi) is 9.39. The topological polar surface area (TPSA) is 38.2 Å².